The standard InChI is InChI=1S/C23H26ClN3O4S/c24-19-10-9-17(14-21(19)32(30,31)26-11-5-1-2-6-12-26)23(29)27-15-18-8-4-3-7-16(18)13-20(27)22(25)28/h3-4,7-10,14,20H,1-2,5-6,11-13,15H2,(H2,25,28)/t20-/m0/s1. The van der Waals surface area contributed by atoms with Gasteiger partial charge in [0.05, 0.1) is 5.02 Å². The Kier molecular flexibility index (Phi) is 6.55. The van der Waals surface area contributed by atoms with E-state index in [4.69, 9.17) is 17.3 Å². The molecule has 0 saturated carbocycles. The number of halogens is 1. The minimum Gasteiger partial charge on any atom is -0.368 e. The predicted octanol–water partition coefficient (Wildman–Crippen LogP) is 2.96. The number of nitrogens with two attached hydrogens (primary N) is 1. The largest absolute Gasteiger partial charge is 0.368 e. The first-order valence-electron chi connectivity index (χ1n) is 10.8. The maximum absolute atomic E-state index is 13.4. The molecule has 2 N–H and O–H groups in total. The summed E-state index contributed by atoms with van der Waals surface area (Å²) in [5.74, 6) is -1.05. The van der Waals surface area contributed by atoms with Gasteiger partial charge in [-0.25, -0.2) is 8.42 Å². The van der Waals surface area contributed by atoms with Crippen LogP contribution in [-0.4, -0.2) is 48.6 Å². The topological polar surface area (TPSA) is 101 Å². The predicted molar refractivity (Wildman–Crippen MR) is 122 cm³/mol. The fourth-order valence-electron chi connectivity index (χ4n) is 4.41. The Bertz CT molecular complexity index is 1140. The van der Waals surface area contributed by atoms with Crippen molar-refractivity contribution in [1.82, 2.24) is 9.21 Å². The maximum Gasteiger partial charge on any atom is 0.254 e. The molecule has 2 heterocycles. The Balaban J connectivity index is 1.68. The van der Waals surface area contributed by atoms with E-state index in [0.29, 0.717) is 19.5 Å². The number of hydrogen-bond donors (Lipinski definition) is 1. The number of primary amides is 1. The van der Waals surface area contributed by atoms with Crippen molar-refractivity contribution in [2.45, 2.75) is 49.6 Å². The van der Waals surface area contributed by atoms with Crippen LogP contribution in [0.15, 0.2) is 47.4 Å². The SMILES string of the molecule is NC(=O)[C@@H]1Cc2ccccc2CN1C(=O)c1ccc(Cl)c(S(=O)(=O)N2CCCCCC2)c1. The molecule has 0 unspecified atom stereocenters. The Morgan fingerprint density at radius 2 is 1.62 bits per heavy atom. The zero-order valence-electron chi connectivity index (χ0n) is 17.7. The Labute approximate surface area is 193 Å². The summed E-state index contributed by atoms with van der Waals surface area (Å²) in [6, 6.07) is 11.0. The molecule has 32 heavy (non-hydrogen) atoms. The molecular weight excluding hydrogens is 450 g/mol. The van der Waals surface area contributed by atoms with Gasteiger partial charge in [-0.3, -0.25) is 9.59 Å². The lowest BCUT2D eigenvalue weighted by molar-refractivity contribution is -0.122. The van der Waals surface area contributed by atoms with Crippen molar-refractivity contribution in [3.05, 3.63) is 64.2 Å². The van der Waals surface area contributed by atoms with E-state index < -0.39 is 27.9 Å². The van der Waals surface area contributed by atoms with Crippen LogP contribution in [0.2, 0.25) is 5.02 Å². The average Bonchev–Trinajstić information content (AvgIpc) is 3.08. The lowest BCUT2D eigenvalue weighted by Crippen LogP contribution is -2.51. The van der Waals surface area contributed by atoms with Crippen molar-refractivity contribution in [3.8, 4) is 0 Å². The summed E-state index contributed by atoms with van der Waals surface area (Å²) in [5, 5.41) is 0.0706. The average molecular weight is 476 g/mol. The first kappa shape index (κ1) is 22.8. The van der Waals surface area contributed by atoms with Gasteiger partial charge < -0.3 is 10.6 Å². The lowest BCUT2D eigenvalue weighted by Gasteiger charge is -2.35. The van der Waals surface area contributed by atoms with Gasteiger partial charge >= 0.3 is 0 Å². The van der Waals surface area contributed by atoms with Gasteiger partial charge in [-0.05, 0) is 42.2 Å². The number of hydrogen-bond acceptors (Lipinski definition) is 4. The fourth-order valence-corrected chi connectivity index (χ4v) is 6.43. The molecule has 0 spiro atoms. The molecule has 0 aromatic heterocycles. The van der Waals surface area contributed by atoms with Crippen molar-refractivity contribution < 1.29 is 18.0 Å². The second-order valence-corrected chi connectivity index (χ2v) is 10.6. The fraction of sp³-hybridized carbons (Fsp3) is 0.391. The van der Waals surface area contributed by atoms with Crippen LogP contribution in [0.5, 0.6) is 0 Å². The summed E-state index contributed by atoms with van der Waals surface area (Å²) in [6.45, 7) is 1.09. The van der Waals surface area contributed by atoms with E-state index in [1.807, 2.05) is 24.3 Å². The lowest BCUT2D eigenvalue weighted by atomic mass is 9.93. The summed E-state index contributed by atoms with van der Waals surface area (Å²) in [5.41, 5.74) is 7.68. The van der Waals surface area contributed by atoms with Crippen molar-refractivity contribution in [3.63, 3.8) is 0 Å². The Hall–Kier alpha value is -2.42. The van der Waals surface area contributed by atoms with E-state index in [0.717, 1.165) is 36.8 Å². The molecule has 0 radical (unpaired) electrons. The monoisotopic (exact) mass is 475 g/mol. The summed E-state index contributed by atoms with van der Waals surface area (Å²) in [4.78, 5) is 26.9. The van der Waals surface area contributed by atoms with Gasteiger partial charge in [0.2, 0.25) is 15.9 Å². The number of nitrogens with zero attached hydrogens (tertiary/aromatic N) is 2. The molecule has 1 atom stereocenters. The van der Waals surface area contributed by atoms with Gasteiger partial charge in [0.15, 0.2) is 0 Å². The molecule has 4 rings (SSSR count). The number of fused-ring (bicyclic) bond motifs is 1. The first-order valence-corrected chi connectivity index (χ1v) is 12.6. The van der Waals surface area contributed by atoms with Crippen LogP contribution in [0.4, 0.5) is 0 Å². The van der Waals surface area contributed by atoms with E-state index >= 15 is 0 Å². The Morgan fingerprint density at radius 3 is 2.28 bits per heavy atom. The van der Waals surface area contributed by atoms with Crippen LogP contribution in [-0.2, 0) is 27.8 Å². The van der Waals surface area contributed by atoms with E-state index in [1.54, 1.807) is 0 Å². The molecule has 2 aromatic rings. The number of rotatable bonds is 4. The van der Waals surface area contributed by atoms with Crippen LogP contribution in [0.1, 0.15) is 47.2 Å². The molecular formula is C23H26ClN3O4S. The molecule has 0 bridgehead atoms. The number of sulfonamides is 1. The third-order valence-electron chi connectivity index (χ3n) is 6.20. The van der Waals surface area contributed by atoms with Crippen molar-refractivity contribution in [2.75, 3.05) is 13.1 Å². The molecule has 2 amide bonds. The highest BCUT2D eigenvalue weighted by molar-refractivity contribution is 7.89. The summed E-state index contributed by atoms with van der Waals surface area (Å²) in [7, 11) is -3.84. The number of carbonyl (C=O) groups is 2. The minimum atomic E-state index is -3.84. The second kappa shape index (κ2) is 9.21. The van der Waals surface area contributed by atoms with Gasteiger partial charge in [0.25, 0.3) is 5.91 Å². The number of benzene rings is 2. The summed E-state index contributed by atoms with van der Waals surface area (Å²) < 4.78 is 28.0. The molecule has 2 aromatic carbocycles. The summed E-state index contributed by atoms with van der Waals surface area (Å²) in [6.07, 6.45) is 3.89. The number of carbonyl (C=O) groups excluding carboxylic acids is 2. The highest BCUT2D eigenvalue weighted by atomic mass is 35.5. The first-order chi connectivity index (χ1) is 15.3. The molecule has 1 saturated heterocycles. The van der Waals surface area contributed by atoms with Crippen LogP contribution in [0.25, 0.3) is 0 Å². The van der Waals surface area contributed by atoms with Crippen molar-refractivity contribution >= 4 is 33.4 Å². The van der Waals surface area contributed by atoms with E-state index in [9.17, 15) is 18.0 Å². The third kappa shape index (κ3) is 4.40. The van der Waals surface area contributed by atoms with Crippen LogP contribution < -0.4 is 5.73 Å². The molecule has 0 aliphatic carbocycles. The Morgan fingerprint density at radius 1 is 0.969 bits per heavy atom. The van der Waals surface area contributed by atoms with E-state index in [1.165, 1.54) is 27.4 Å². The molecule has 7 nitrogen and oxygen atoms in total. The quantitative estimate of drug-likeness (QED) is 0.734. The van der Waals surface area contributed by atoms with Crippen LogP contribution >= 0.6 is 11.6 Å². The van der Waals surface area contributed by atoms with E-state index in [-0.39, 0.29) is 22.0 Å². The number of amides is 2. The van der Waals surface area contributed by atoms with Gasteiger partial charge in [0, 0.05) is 31.6 Å². The smallest absolute Gasteiger partial charge is 0.254 e. The van der Waals surface area contributed by atoms with Crippen molar-refractivity contribution in [2.24, 2.45) is 5.73 Å². The van der Waals surface area contributed by atoms with Crippen LogP contribution in [0, 0.1) is 0 Å². The maximum atomic E-state index is 13.4. The zero-order valence-corrected chi connectivity index (χ0v) is 19.2. The highest BCUT2D eigenvalue weighted by Gasteiger charge is 2.35. The third-order valence-corrected chi connectivity index (χ3v) is 8.58. The minimum absolute atomic E-state index is 0.0706. The molecule has 1 fully saturated rings. The molecule has 2 aliphatic rings. The normalized spacial score (nSPS) is 19.8. The van der Waals surface area contributed by atoms with Gasteiger partial charge in [0.1, 0.15) is 10.9 Å². The van der Waals surface area contributed by atoms with Crippen molar-refractivity contribution in [1.29, 1.82) is 0 Å². The van der Waals surface area contributed by atoms with Gasteiger partial charge in [-0.15, -0.1) is 0 Å². The van der Waals surface area contributed by atoms with Gasteiger partial charge in [-0.2, -0.15) is 4.31 Å². The zero-order chi connectivity index (χ0) is 22.9. The van der Waals surface area contributed by atoms with E-state index in [2.05, 4.69) is 0 Å². The second-order valence-electron chi connectivity index (χ2n) is 8.29. The summed E-state index contributed by atoms with van der Waals surface area (Å²) >= 11 is 6.27. The molecule has 9 heteroatoms. The molecule has 170 valence electrons. The molecule has 2 aliphatic heterocycles. The van der Waals surface area contributed by atoms with Crippen LogP contribution in [0.3, 0.4) is 0 Å². The van der Waals surface area contributed by atoms with Gasteiger partial charge in [-0.1, -0.05) is 48.7 Å². The highest BCUT2D eigenvalue weighted by Crippen LogP contribution is 2.30.